The predicted octanol–water partition coefficient (Wildman–Crippen LogP) is 5.33. The Morgan fingerprint density at radius 2 is 1.48 bits per heavy atom. The summed E-state index contributed by atoms with van der Waals surface area (Å²) in [5.41, 5.74) is 5.63. The van der Waals surface area contributed by atoms with E-state index in [4.69, 9.17) is 0 Å². The summed E-state index contributed by atoms with van der Waals surface area (Å²) in [6.07, 6.45) is 4.45. The molecule has 0 radical (unpaired) electrons. The fourth-order valence-electron chi connectivity index (χ4n) is 4.43. The Morgan fingerprint density at radius 1 is 0.960 bits per heavy atom. The molecule has 0 N–H and O–H groups in total. The molecular formula is C22H40N2Si. The van der Waals surface area contributed by atoms with E-state index in [0.29, 0.717) is 0 Å². The Hall–Kier alpha value is -1.06. The van der Waals surface area contributed by atoms with Crippen LogP contribution in [0.3, 0.4) is 0 Å². The standard InChI is InChI=1S/C22H40N2Si/c1-10-15-24(16-11-2)21-17-22(19(7)20(12-3)18(21)6)25(13-4,14-5)23(8)9/h12,17H,3,10-11,13-16H2,1-2,4-9H3. The van der Waals surface area contributed by atoms with Gasteiger partial charge in [0.25, 0.3) is 0 Å². The van der Waals surface area contributed by atoms with Gasteiger partial charge in [-0.15, -0.1) is 0 Å². The first kappa shape index (κ1) is 22.0. The van der Waals surface area contributed by atoms with Gasteiger partial charge in [0.15, 0.2) is 8.24 Å². The van der Waals surface area contributed by atoms with Gasteiger partial charge in [-0.25, -0.2) is 0 Å². The maximum atomic E-state index is 4.15. The zero-order valence-corrected chi connectivity index (χ0v) is 19.0. The Balaban J connectivity index is 3.75. The van der Waals surface area contributed by atoms with Crippen LogP contribution in [-0.4, -0.2) is 40.0 Å². The van der Waals surface area contributed by atoms with E-state index in [-0.39, 0.29) is 0 Å². The first-order valence-electron chi connectivity index (χ1n) is 10.0. The smallest absolute Gasteiger partial charge is 0.159 e. The minimum absolute atomic E-state index is 1.13. The van der Waals surface area contributed by atoms with Gasteiger partial charge in [-0.2, -0.15) is 0 Å². The van der Waals surface area contributed by atoms with E-state index in [1.807, 2.05) is 0 Å². The van der Waals surface area contributed by atoms with Crippen LogP contribution in [0, 0.1) is 13.8 Å². The minimum atomic E-state index is -1.68. The lowest BCUT2D eigenvalue weighted by Crippen LogP contribution is -2.59. The van der Waals surface area contributed by atoms with E-state index in [0.717, 1.165) is 13.1 Å². The highest BCUT2D eigenvalue weighted by Gasteiger charge is 2.37. The van der Waals surface area contributed by atoms with Gasteiger partial charge in [-0.3, -0.25) is 0 Å². The molecule has 0 aliphatic heterocycles. The molecule has 0 heterocycles. The second kappa shape index (κ2) is 9.58. The van der Waals surface area contributed by atoms with E-state index in [1.54, 1.807) is 5.19 Å². The molecule has 0 atom stereocenters. The molecule has 0 unspecified atom stereocenters. The summed E-state index contributed by atoms with van der Waals surface area (Å²) in [6.45, 7) is 20.3. The second-order valence-electron chi connectivity index (χ2n) is 7.43. The number of hydrogen-bond donors (Lipinski definition) is 0. The topological polar surface area (TPSA) is 6.48 Å². The SMILES string of the molecule is C=Cc1c(C)c(N(CCC)CCC)cc([Si](CC)(CC)N(C)C)c1C. The Bertz CT molecular complexity index is 568. The summed E-state index contributed by atoms with van der Waals surface area (Å²) >= 11 is 0. The summed E-state index contributed by atoms with van der Waals surface area (Å²) in [7, 11) is 2.88. The van der Waals surface area contributed by atoms with Crippen molar-refractivity contribution in [2.45, 2.75) is 66.5 Å². The van der Waals surface area contributed by atoms with E-state index < -0.39 is 8.24 Å². The van der Waals surface area contributed by atoms with E-state index in [9.17, 15) is 0 Å². The van der Waals surface area contributed by atoms with Gasteiger partial charge in [-0.1, -0.05) is 40.3 Å². The molecule has 0 aromatic heterocycles. The Kier molecular flexibility index (Phi) is 8.43. The van der Waals surface area contributed by atoms with Crippen molar-refractivity contribution in [1.82, 2.24) is 4.57 Å². The second-order valence-corrected chi connectivity index (χ2v) is 12.3. The summed E-state index contributed by atoms with van der Waals surface area (Å²) in [5.74, 6) is 0. The molecule has 142 valence electrons. The molecule has 1 rings (SSSR count). The summed E-state index contributed by atoms with van der Waals surface area (Å²) in [5, 5.41) is 1.61. The monoisotopic (exact) mass is 360 g/mol. The minimum Gasteiger partial charge on any atom is -0.371 e. The molecule has 25 heavy (non-hydrogen) atoms. The number of anilines is 1. The van der Waals surface area contributed by atoms with Crippen LogP contribution in [0.2, 0.25) is 12.1 Å². The van der Waals surface area contributed by atoms with Crippen molar-refractivity contribution in [3.05, 3.63) is 29.3 Å². The van der Waals surface area contributed by atoms with Crippen LogP contribution in [0.5, 0.6) is 0 Å². The first-order chi connectivity index (χ1) is 11.8. The van der Waals surface area contributed by atoms with Crippen LogP contribution in [-0.2, 0) is 0 Å². The van der Waals surface area contributed by atoms with Gasteiger partial charge >= 0.3 is 0 Å². The zero-order valence-electron chi connectivity index (χ0n) is 18.0. The fourth-order valence-corrected chi connectivity index (χ4v) is 8.68. The molecule has 0 bridgehead atoms. The van der Waals surface area contributed by atoms with Crippen LogP contribution >= 0.6 is 0 Å². The normalized spacial score (nSPS) is 11.9. The molecule has 0 aliphatic rings. The van der Waals surface area contributed by atoms with Crippen molar-refractivity contribution in [2.24, 2.45) is 0 Å². The lowest BCUT2D eigenvalue weighted by molar-refractivity contribution is 0.617. The molecule has 1 aromatic carbocycles. The lowest BCUT2D eigenvalue weighted by atomic mass is 10.00. The molecule has 1 aromatic rings. The predicted molar refractivity (Wildman–Crippen MR) is 119 cm³/mol. The average Bonchev–Trinajstić information content (AvgIpc) is 2.58. The quantitative estimate of drug-likeness (QED) is 0.521. The molecule has 0 saturated carbocycles. The summed E-state index contributed by atoms with van der Waals surface area (Å²) in [6, 6.07) is 5.04. The number of hydrogen-bond acceptors (Lipinski definition) is 2. The van der Waals surface area contributed by atoms with E-state index in [2.05, 4.69) is 83.8 Å². The molecule has 0 fully saturated rings. The molecule has 3 heteroatoms. The molecular weight excluding hydrogens is 320 g/mol. The molecule has 0 saturated heterocycles. The maximum absolute atomic E-state index is 4.15. The van der Waals surface area contributed by atoms with Crippen LogP contribution in [0.15, 0.2) is 12.6 Å². The van der Waals surface area contributed by atoms with Crippen LogP contribution in [0.1, 0.15) is 57.2 Å². The molecule has 2 nitrogen and oxygen atoms in total. The molecule has 0 spiro atoms. The number of rotatable bonds is 10. The van der Waals surface area contributed by atoms with Crippen LogP contribution in [0.4, 0.5) is 5.69 Å². The highest BCUT2D eigenvalue weighted by molar-refractivity contribution is 6.89. The largest absolute Gasteiger partial charge is 0.371 e. The Morgan fingerprint density at radius 3 is 1.84 bits per heavy atom. The maximum Gasteiger partial charge on any atom is 0.159 e. The van der Waals surface area contributed by atoms with Crippen molar-refractivity contribution < 1.29 is 0 Å². The third-order valence-electron chi connectivity index (χ3n) is 5.94. The van der Waals surface area contributed by atoms with Crippen molar-refractivity contribution >= 4 is 25.2 Å². The molecule has 0 aliphatic carbocycles. The van der Waals surface area contributed by atoms with Gasteiger partial charge in [0.2, 0.25) is 0 Å². The number of benzene rings is 1. The fraction of sp³-hybridized carbons (Fsp3) is 0.636. The third-order valence-corrected chi connectivity index (χ3v) is 11.5. The lowest BCUT2D eigenvalue weighted by Gasteiger charge is -2.39. The highest BCUT2D eigenvalue weighted by Crippen LogP contribution is 2.30. The van der Waals surface area contributed by atoms with Crippen LogP contribution in [0.25, 0.3) is 6.08 Å². The van der Waals surface area contributed by atoms with Gasteiger partial charge in [-0.05, 0) is 80.8 Å². The van der Waals surface area contributed by atoms with Crippen LogP contribution < -0.4 is 10.1 Å². The Labute approximate surface area is 158 Å². The van der Waals surface area contributed by atoms with Gasteiger partial charge in [0.05, 0.1) is 0 Å². The third kappa shape index (κ3) is 4.20. The van der Waals surface area contributed by atoms with E-state index in [1.165, 1.54) is 47.3 Å². The summed E-state index contributed by atoms with van der Waals surface area (Å²) in [4.78, 5) is 2.59. The average molecular weight is 361 g/mol. The van der Waals surface area contributed by atoms with Gasteiger partial charge < -0.3 is 9.47 Å². The van der Waals surface area contributed by atoms with Crippen molar-refractivity contribution in [3.8, 4) is 0 Å². The molecule has 0 amide bonds. The number of nitrogens with zero attached hydrogens (tertiary/aromatic N) is 2. The van der Waals surface area contributed by atoms with Gasteiger partial charge in [0, 0.05) is 18.8 Å². The summed E-state index contributed by atoms with van der Waals surface area (Å²) < 4.78 is 2.55. The van der Waals surface area contributed by atoms with Crippen molar-refractivity contribution in [3.63, 3.8) is 0 Å². The highest BCUT2D eigenvalue weighted by atomic mass is 28.3. The van der Waals surface area contributed by atoms with Crippen molar-refractivity contribution in [1.29, 1.82) is 0 Å². The zero-order chi connectivity index (χ0) is 19.2. The van der Waals surface area contributed by atoms with Crippen molar-refractivity contribution in [2.75, 3.05) is 32.1 Å². The first-order valence-corrected chi connectivity index (χ1v) is 12.4. The van der Waals surface area contributed by atoms with Gasteiger partial charge in [0.1, 0.15) is 0 Å². The van der Waals surface area contributed by atoms with E-state index >= 15 is 0 Å².